The Labute approximate surface area is 69.4 Å². The fraction of sp³-hybridized carbons (Fsp3) is 0.818. The first-order chi connectivity index (χ1) is 5.40. The van der Waals surface area contributed by atoms with Gasteiger partial charge >= 0.3 is 0 Å². The molecule has 0 heterocycles. The van der Waals surface area contributed by atoms with Gasteiger partial charge in [-0.05, 0) is 31.6 Å². The maximum atomic E-state index is 3.41. The number of hydrogen-bond donors (Lipinski definition) is 0. The van der Waals surface area contributed by atoms with Crippen molar-refractivity contribution in [1.82, 2.24) is 0 Å². The normalized spacial score (nSPS) is 36.1. The Morgan fingerprint density at radius 1 is 1.27 bits per heavy atom. The molecule has 1 saturated carbocycles. The molecule has 0 bridgehead atoms. The van der Waals surface area contributed by atoms with E-state index in [9.17, 15) is 0 Å². The van der Waals surface area contributed by atoms with Crippen molar-refractivity contribution < 1.29 is 0 Å². The lowest BCUT2D eigenvalue weighted by atomic mass is 9.75. The van der Waals surface area contributed by atoms with E-state index in [0.717, 1.165) is 17.8 Å². The van der Waals surface area contributed by atoms with E-state index in [4.69, 9.17) is 0 Å². The largest absolute Gasteiger partial charge is 0.0996 e. The second kappa shape index (κ2) is 2.89. The second-order valence-corrected chi connectivity index (χ2v) is 3.93. The molecule has 0 radical (unpaired) electrons. The van der Waals surface area contributed by atoms with Gasteiger partial charge in [0.2, 0.25) is 0 Å². The molecule has 0 aromatic rings. The van der Waals surface area contributed by atoms with Gasteiger partial charge in [0, 0.05) is 11.8 Å². The van der Waals surface area contributed by atoms with Crippen LogP contribution in [0.5, 0.6) is 0 Å². The average Bonchev–Trinajstić information content (AvgIpc) is 2.32. The number of hydrogen-bond acceptors (Lipinski definition) is 0. The van der Waals surface area contributed by atoms with Crippen molar-refractivity contribution in [3.8, 4) is 11.8 Å². The Balaban J connectivity index is 1.87. The van der Waals surface area contributed by atoms with E-state index >= 15 is 0 Å². The molecule has 2 rings (SSSR count). The van der Waals surface area contributed by atoms with Gasteiger partial charge in [-0.15, -0.1) is 0 Å². The molecule has 60 valence electrons. The number of rotatable bonds is 2. The van der Waals surface area contributed by atoms with Gasteiger partial charge in [0.25, 0.3) is 0 Å². The molecule has 0 nitrogen and oxygen atoms in total. The summed E-state index contributed by atoms with van der Waals surface area (Å²) in [5, 5.41) is 0. The molecular formula is C11H16. The Morgan fingerprint density at radius 3 is 2.55 bits per heavy atom. The molecule has 1 fully saturated rings. The van der Waals surface area contributed by atoms with E-state index in [1.807, 2.05) is 0 Å². The van der Waals surface area contributed by atoms with E-state index in [2.05, 4.69) is 18.8 Å². The van der Waals surface area contributed by atoms with Crippen LogP contribution in [-0.4, -0.2) is 0 Å². The zero-order valence-electron chi connectivity index (χ0n) is 7.27. The SMILES string of the molecule is CC[C@H]1C#CC(C2CCC2)C1. The summed E-state index contributed by atoms with van der Waals surface area (Å²) < 4.78 is 0. The third kappa shape index (κ3) is 1.29. The van der Waals surface area contributed by atoms with Crippen LogP contribution < -0.4 is 0 Å². The molecule has 2 aliphatic rings. The average molecular weight is 148 g/mol. The predicted octanol–water partition coefficient (Wildman–Crippen LogP) is 2.84. The van der Waals surface area contributed by atoms with E-state index in [0.29, 0.717) is 0 Å². The van der Waals surface area contributed by atoms with Crippen LogP contribution in [0, 0.1) is 29.6 Å². The molecule has 0 N–H and O–H groups in total. The van der Waals surface area contributed by atoms with Crippen LogP contribution in [0.4, 0.5) is 0 Å². The summed E-state index contributed by atoms with van der Waals surface area (Å²) in [6.45, 7) is 2.25. The van der Waals surface area contributed by atoms with Crippen LogP contribution in [0.3, 0.4) is 0 Å². The molecule has 0 amide bonds. The summed E-state index contributed by atoms with van der Waals surface area (Å²) in [5.74, 6) is 9.27. The molecule has 2 aliphatic carbocycles. The Morgan fingerprint density at radius 2 is 2.09 bits per heavy atom. The molecule has 0 aliphatic heterocycles. The summed E-state index contributed by atoms with van der Waals surface area (Å²) >= 11 is 0. The molecule has 1 unspecified atom stereocenters. The van der Waals surface area contributed by atoms with Crippen molar-refractivity contribution in [2.24, 2.45) is 17.8 Å². The van der Waals surface area contributed by atoms with Crippen molar-refractivity contribution in [2.45, 2.75) is 39.0 Å². The van der Waals surface area contributed by atoms with Crippen molar-refractivity contribution in [3.05, 3.63) is 0 Å². The third-order valence-electron chi connectivity index (χ3n) is 3.22. The van der Waals surface area contributed by atoms with Crippen molar-refractivity contribution >= 4 is 0 Å². The van der Waals surface area contributed by atoms with Gasteiger partial charge in [0.1, 0.15) is 0 Å². The highest BCUT2D eigenvalue weighted by molar-refractivity contribution is 5.16. The quantitative estimate of drug-likeness (QED) is 0.528. The standard InChI is InChI=1S/C11H16/c1-2-9-6-7-11(8-9)10-4-3-5-10/h9-11H,2-5,8H2,1H3/t9-,11?/m0/s1. The van der Waals surface area contributed by atoms with Gasteiger partial charge in [0.05, 0.1) is 0 Å². The summed E-state index contributed by atoms with van der Waals surface area (Å²) in [6.07, 6.45) is 6.97. The third-order valence-corrected chi connectivity index (χ3v) is 3.22. The van der Waals surface area contributed by atoms with E-state index in [-0.39, 0.29) is 0 Å². The van der Waals surface area contributed by atoms with Gasteiger partial charge in [-0.1, -0.05) is 25.2 Å². The minimum Gasteiger partial charge on any atom is -0.0996 e. The minimum absolute atomic E-state index is 0.737. The van der Waals surface area contributed by atoms with Crippen LogP contribution in [0.25, 0.3) is 0 Å². The van der Waals surface area contributed by atoms with Crippen LogP contribution >= 0.6 is 0 Å². The Kier molecular flexibility index (Phi) is 1.90. The summed E-state index contributed by atoms with van der Waals surface area (Å²) in [6, 6.07) is 0. The Bertz CT molecular complexity index is 190. The predicted molar refractivity (Wildman–Crippen MR) is 47.0 cm³/mol. The zero-order chi connectivity index (χ0) is 7.68. The lowest BCUT2D eigenvalue weighted by Gasteiger charge is -2.29. The second-order valence-electron chi connectivity index (χ2n) is 3.93. The van der Waals surface area contributed by atoms with Crippen LogP contribution in [0.15, 0.2) is 0 Å². The van der Waals surface area contributed by atoms with Crippen molar-refractivity contribution in [3.63, 3.8) is 0 Å². The van der Waals surface area contributed by atoms with E-state index < -0.39 is 0 Å². The van der Waals surface area contributed by atoms with Gasteiger partial charge in [-0.2, -0.15) is 0 Å². The fourth-order valence-electron chi connectivity index (χ4n) is 2.07. The van der Waals surface area contributed by atoms with Crippen LogP contribution in [0.2, 0.25) is 0 Å². The van der Waals surface area contributed by atoms with Gasteiger partial charge in [0.15, 0.2) is 0 Å². The minimum atomic E-state index is 0.737. The molecule has 2 atom stereocenters. The van der Waals surface area contributed by atoms with Gasteiger partial charge < -0.3 is 0 Å². The molecule has 0 saturated heterocycles. The summed E-state index contributed by atoms with van der Waals surface area (Å²) in [4.78, 5) is 0. The first-order valence-corrected chi connectivity index (χ1v) is 4.91. The van der Waals surface area contributed by atoms with E-state index in [1.165, 1.54) is 32.1 Å². The smallest absolute Gasteiger partial charge is 0.0242 e. The lowest BCUT2D eigenvalue weighted by molar-refractivity contribution is 0.233. The summed E-state index contributed by atoms with van der Waals surface area (Å²) in [5.41, 5.74) is 0. The molecule has 0 aromatic heterocycles. The van der Waals surface area contributed by atoms with Crippen LogP contribution in [0.1, 0.15) is 39.0 Å². The van der Waals surface area contributed by atoms with Crippen LogP contribution in [-0.2, 0) is 0 Å². The molecule has 0 heteroatoms. The highest BCUT2D eigenvalue weighted by atomic mass is 14.3. The summed E-state index contributed by atoms with van der Waals surface area (Å²) in [7, 11) is 0. The van der Waals surface area contributed by atoms with Crippen molar-refractivity contribution in [1.29, 1.82) is 0 Å². The zero-order valence-corrected chi connectivity index (χ0v) is 7.27. The molecule has 0 spiro atoms. The highest BCUT2D eigenvalue weighted by Gasteiger charge is 2.29. The maximum Gasteiger partial charge on any atom is 0.0242 e. The van der Waals surface area contributed by atoms with Gasteiger partial charge in [-0.3, -0.25) is 0 Å². The van der Waals surface area contributed by atoms with Crippen molar-refractivity contribution in [2.75, 3.05) is 0 Å². The molecule has 11 heavy (non-hydrogen) atoms. The maximum absolute atomic E-state index is 3.41. The monoisotopic (exact) mass is 148 g/mol. The lowest BCUT2D eigenvalue weighted by Crippen LogP contribution is -2.20. The molecular weight excluding hydrogens is 132 g/mol. The van der Waals surface area contributed by atoms with E-state index in [1.54, 1.807) is 0 Å². The first-order valence-electron chi connectivity index (χ1n) is 4.91. The molecule has 0 aromatic carbocycles. The first kappa shape index (κ1) is 7.22. The van der Waals surface area contributed by atoms with Gasteiger partial charge in [-0.25, -0.2) is 0 Å². The topological polar surface area (TPSA) is 0 Å². The Hall–Kier alpha value is -0.440. The fourth-order valence-corrected chi connectivity index (χ4v) is 2.07. The highest BCUT2D eigenvalue weighted by Crippen LogP contribution is 2.38.